The number of hydrogen-bond donors (Lipinski definition) is 3. The van der Waals surface area contributed by atoms with Crippen molar-refractivity contribution in [2.24, 2.45) is 0 Å². The highest BCUT2D eigenvalue weighted by Crippen LogP contribution is 2.28. The molecule has 2 aromatic carbocycles. The number of carbonyl (C=O) groups excluding carboxylic acids is 1. The van der Waals surface area contributed by atoms with Gasteiger partial charge in [-0.25, -0.2) is 8.42 Å². The van der Waals surface area contributed by atoms with Crippen LogP contribution in [-0.2, 0) is 14.8 Å². The molecule has 0 heterocycles. The average molecular weight is 383 g/mol. The molecule has 0 radical (unpaired) electrons. The van der Waals surface area contributed by atoms with E-state index in [0.717, 1.165) is 6.42 Å². The van der Waals surface area contributed by atoms with Crippen molar-refractivity contribution in [3.63, 3.8) is 0 Å². The van der Waals surface area contributed by atoms with Gasteiger partial charge in [0.1, 0.15) is 5.75 Å². The molecule has 2 rings (SSSR count). The predicted octanol–water partition coefficient (Wildman–Crippen LogP) is 3.98. The molecule has 0 fully saturated rings. The van der Waals surface area contributed by atoms with Crippen molar-refractivity contribution in [2.45, 2.75) is 31.1 Å². The van der Waals surface area contributed by atoms with Crippen LogP contribution in [0.2, 0.25) is 5.02 Å². The lowest BCUT2D eigenvalue weighted by Crippen LogP contribution is -2.15. The second-order valence-electron chi connectivity index (χ2n) is 5.45. The fourth-order valence-electron chi connectivity index (χ4n) is 2.10. The maximum atomic E-state index is 12.5. The molecule has 0 aliphatic carbocycles. The minimum absolute atomic E-state index is 0.0510. The lowest BCUT2D eigenvalue weighted by atomic mass is 10.2. The Labute approximate surface area is 151 Å². The molecule has 2 aromatic rings. The highest BCUT2D eigenvalue weighted by atomic mass is 35.5. The molecule has 25 heavy (non-hydrogen) atoms. The molecule has 3 N–H and O–H groups in total. The van der Waals surface area contributed by atoms with Crippen LogP contribution in [0.1, 0.15) is 26.2 Å². The number of hydrogen-bond acceptors (Lipinski definition) is 4. The quantitative estimate of drug-likeness (QED) is 0.631. The van der Waals surface area contributed by atoms with Gasteiger partial charge in [-0.2, -0.15) is 0 Å². The molecule has 134 valence electrons. The summed E-state index contributed by atoms with van der Waals surface area (Å²) in [4.78, 5) is 11.7. The van der Waals surface area contributed by atoms with Crippen LogP contribution >= 0.6 is 11.6 Å². The molecule has 1 amide bonds. The maximum Gasteiger partial charge on any atom is 0.261 e. The van der Waals surface area contributed by atoms with Gasteiger partial charge in [0.25, 0.3) is 10.0 Å². The summed E-state index contributed by atoms with van der Waals surface area (Å²) in [6.45, 7) is 1.96. The van der Waals surface area contributed by atoms with E-state index in [1.165, 1.54) is 24.3 Å². The molecule has 0 unspecified atom stereocenters. The van der Waals surface area contributed by atoms with Crippen molar-refractivity contribution >= 4 is 38.9 Å². The summed E-state index contributed by atoms with van der Waals surface area (Å²) in [7, 11) is -3.89. The Kier molecular flexibility index (Phi) is 6.27. The summed E-state index contributed by atoms with van der Waals surface area (Å²) >= 11 is 5.85. The Morgan fingerprint density at radius 1 is 1.20 bits per heavy atom. The van der Waals surface area contributed by atoms with Gasteiger partial charge in [0.2, 0.25) is 5.91 Å². The second kappa shape index (κ2) is 8.22. The van der Waals surface area contributed by atoms with Crippen LogP contribution in [0.4, 0.5) is 11.4 Å². The normalized spacial score (nSPS) is 11.1. The number of halogens is 1. The number of aromatic hydroxyl groups is 1. The number of phenolic OH excluding ortho intramolecular Hbond substituents is 1. The number of carbonyl (C=O) groups is 1. The van der Waals surface area contributed by atoms with Crippen LogP contribution in [0.25, 0.3) is 0 Å². The Balaban J connectivity index is 2.23. The van der Waals surface area contributed by atoms with Crippen molar-refractivity contribution in [1.82, 2.24) is 0 Å². The lowest BCUT2D eigenvalue weighted by Gasteiger charge is -2.12. The third-order valence-corrected chi connectivity index (χ3v) is 5.00. The zero-order valence-electron chi connectivity index (χ0n) is 13.6. The van der Waals surface area contributed by atoms with E-state index in [2.05, 4.69) is 10.0 Å². The topological polar surface area (TPSA) is 95.5 Å². The Bertz CT molecular complexity index is 869. The van der Waals surface area contributed by atoms with Crippen molar-refractivity contribution in [3.8, 4) is 5.75 Å². The monoisotopic (exact) mass is 382 g/mol. The van der Waals surface area contributed by atoms with Crippen molar-refractivity contribution in [3.05, 3.63) is 47.5 Å². The van der Waals surface area contributed by atoms with Gasteiger partial charge in [-0.05, 0) is 42.8 Å². The Morgan fingerprint density at radius 3 is 2.64 bits per heavy atom. The third-order valence-electron chi connectivity index (χ3n) is 3.39. The van der Waals surface area contributed by atoms with Crippen LogP contribution in [-0.4, -0.2) is 19.4 Å². The van der Waals surface area contributed by atoms with Crippen LogP contribution in [0, 0.1) is 0 Å². The van der Waals surface area contributed by atoms with Gasteiger partial charge in [0.05, 0.1) is 16.3 Å². The van der Waals surface area contributed by atoms with Crippen molar-refractivity contribution < 1.29 is 18.3 Å². The van der Waals surface area contributed by atoms with Gasteiger partial charge in [-0.1, -0.05) is 31.0 Å². The van der Waals surface area contributed by atoms with E-state index in [-0.39, 0.29) is 22.2 Å². The molecule has 0 atom stereocenters. The smallest absolute Gasteiger partial charge is 0.261 e. The molecule has 0 spiro atoms. The fourth-order valence-corrected chi connectivity index (χ4v) is 3.36. The van der Waals surface area contributed by atoms with Crippen LogP contribution in [0.3, 0.4) is 0 Å². The molecule has 0 saturated heterocycles. The molecule has 0 aliphatic rings. The molecule has 0 aliphatic heterocycles. The van der Waals surface area contributed by atoms with Gasteiger partial charge >= 0.3 is 0 Å². The number of benzene rings is 2. The number of unbranched alkanes of at least 4 members (excludes halogenated alkanes) is 1. The van der Waals surface area contributed by atoms with Crippen molar-refractivity contribution in [1.29, 1.82) is 0 Å². The number of anilines is 2. The fraction of sp³-hybridized carbons (Fsp3) is 0.235. The first-order valence-corrected chi connectivity index (χ1v) is 9.59. The van der Waals surface area contributed by atoms with Gasteiger partial charge in [0, 0.05) is 11.4 Å². The predicted molar refractivity (Wildman–Crippen MR) is 98.5 cm³/mol. The highest BCUT2D eigenvalue weighted by Gasteiger charge is 2.17. The van der Waals surface area contributed by atoms with Gasteiger partial charge in [-0.3, -0.25) is 9.52 Å². The van der Waals surface area contributed by atoms with E-state index in [0.29, 0.717) is 23.6 Å². The van der Waals surface area contributed by atoms with E-state index in [1.807, 2.05) is 6.92 Å². The van der Waals surface area contributed by atoms with Crippen LogP contribution in [0.5, 0.6) is 5.75 Å². The third kappa shape index (κ3) is 5.37. The summed E-state index contributed by atoms with van der Waals surface area (Å²) in [6.07, 6.45) is 1.87. The van der Waals surface area contributed by atoms with E-state index in [4.69, 9.17) is 11.6 Å². The Morgan fingerprint density at radius 2 is 1.96 bits per heavy atom. The molecular formula is C17H19ClN2O4S. The minimum Gasteiger partial charge on any atom is -0.506 e. The van der Waals surface area contributed by atoms with Crippen LogP contribution in [0.15, 0.2) is 47.4 Å². The first-order valence-electron chi connectivity index (χ1n) is 7.73. The van der Waals surface area contributed by atoms with E-state index >= 15 is 0 Å². The van der Waals surface area contributed by atoms with E-state index in [9.17, 15) is 18.3 Å². The summed E-state index contributed by atoms with van der Waals surface area (Å²) in [5.41, 5.74) is 0.365. The molecular weight excluding hydrogens is 364 g/mol. The molecule has 8 heteroatoms. The number of rotatable bonds is 7. The maximum absolute atomic E-state index is 12.5. The zero-order chi connectivity index (χ0) is 18.4. The van der Waals surface area contributed by atoms with Crippen molar-refractivity contribution in [2.75, 3.05) is 10.0 Å². The van der Waals surface area contributed by atoms with Gasteiger partial charge in [-0.15, -0.1) is 0 Å². The number of phenols is 1. The number of nitrogens with one attached hydrogen (secondary N) is 2. The molecule has 0 bridgehead atoms. The summed E-state index contributed by atoms with van der Waals surface area (Å²) in [6, 6.07) is 9.99. The summed E-state index contributed by atoms with van der Waals surface area (Å²) < 4.78 is 27.4. The highest BCUT2D eigenvalue weighted by molar-refractivity contribution is 7.92. The molecule has 0 aromatic heterocycles. The summed E-state index contributed by atoms with van der Waals surface area (Å²) in [5, 5.41) is 12.8. The standard InChI is InChI=1S/C17H19ClN2O4S/c1-2-3-7-17(22)19-15-11-14(8-9-16(15)21)25(23,24)20-13-6-4-5-12(18)10-13/h4-6,8-11,20-21H,2-3,7H2,1H3,(H,19,22). The Hall–Kier alpha value is -2.25. The second-order valence-corrected chi connectivity index (χ2v) is 7.57. The first kappa shape index (κ1) is 19.1. The van der Waals surface area contributed by atoms with E-state index in [1.54, 1.807) is 18.2 Å². The number of amides is 1. The first-order chi connectivity index (χ1) is 11.8. The number of sulfonamides is 1. The van der Waals surface area contributed by atoms with Gasteiger partial charge in [0.15, 0.2) is 0 Å². The van der Waals surface area contributed by atoms with Crippen LogP contribution < -0.4 is 10.0 Å². The lowest BCUT2D eigenvalue weighted by molar-refractivity contribution is -0.116. The van der Waals surface area contributed by atoms with E-state index < -0.39 is 10.0 Å². The molecule has 0 saturated carbocycles. The molecule has 6 nitrogen and oxygen atoms in total. The summed E-state index contributed by atoms with van der Waals surface area (Å²) in [5.74, 6) is -0.485. The van der Waals surface area contributed by atoms with Gasteiger partial charge < -0.3 is 10.4 Å². The zero-order valence-corrected chi connectivity index (χ0v) is 15.2. The minimum atomic E-state index is -3.89. The largest absolute Gasteiger partial charge is 0.506 e. The SMILES string of the molecule is CCCCC(=O)Nc1cc(S(=O)(=O)Nc2cccc(Cl)c2)ccc1O. The average Bonchev–Trinajstić information content (AvgIpc) is 2.54.